The van der Waals surface area contributed by atoms with Crippen LogP contribution in [0.2, 0.25) is 0 Å². The fourth-order valence-electron chi connectivity index (χ4n) is 3.36. The summed E-state index contributed by atoms with van der Waals surface area (Å²) in [6.07, 6.45) is 8.50. The van der Waals surface area contributed by atoms with E-state index in [1.165, 1.54) is 12.8 Å². The zero-order chi connectivity index (χ0) is 11.0. The van der Waals surface area contributed by atoms with Crippen molar-refractivity contribution in [2.75, 3.05) is 24.6 Å². The van der Waals surface area contributed by atoms with E-state index in [-0.39, 0.29) is 0 Å². The molecule has 1 saturated heterocycles. The number of thioether (sulfide) groups is 1. The van der Waals surface area contributed by atoms with Crippen LogP contribution in [0.4, 0.5) is 0 Å². The van der Waals surface area contributed by atoms with Crippen LogP contribution in [-0.4, -0.2) is 35.3 Å². The Labute approximate surface area is 102 Å². The van der Waals surface area contributed by atoms with E-state index < -0.39 is 5.60 Å². The van der Waals surface area contributed by atoms with Gasteiger partial charge in [0, 0.05) is 12.3 Å². The number of aliphatic hydroxyl groups is 1. The minimum atomic E-state index is -0.419. The van der Waals surface area contributed by atoms with Crippen LogP contribution in [-0.2, 0) is 0 Å². The average Bonchev–Trinajstić information content (AvgIpc) is 2.94. The summed E-state index contributed by atoms with van der Waals surface area (Å²) >= 11 is 1.87. The zero-order valence-electron chi connectivity index (χ0n) is 9.69. The lowest BCUT2D eigenvalue weighted by Gasteiger charge is -2.24. The molecule has 0 aromatic carbocycles. The molecule has 1 saturated carbocycles. The van der Waals surface area contributed by atoms with E-state index in [1.807, 2.05) is 11.8 Å². The van der Waals surface area contributed by atoms with Gasteiger partial charge in [0.15, 0.2) is 0 Å². The van der Waals surface area contributed by atoms with E-state index in [1.54, 1.807) is 0 Å². The third kappa shape index (κ3) is 2.18. The maximum atomic E-state index is 10.2. The van der Waals surface area contributed by atoms with Crippen LogP contribution in [0.5, 0.6) is 0 Å². The molecule has 3 aliphatic rings. The summed E-state index contributed by atoms with van der Waals surface area (Å²) in [7, 11) is 0. The molecule has 16 heavy (non-hydrogen) atoms. The molecule has 3 rings (SSSR count). The van der Waals surface area contributed by atoms with Gasteiger partial charge in [-0.1, -0.05) is 12.2 Å². The second kappa shape index (κ2) is 4.35. The minimum absolute atomic E-state index is 0.419. The summed E-state index contributed by atoms with van der Waals surface area (Å²) in [4.78, 5) is 0. The highest BCUT2D eigenvalue weighted by atomic mass is 32.2. The monoisotopic (exact) mass is 239 g/mol. The average molecular weight is 239 g/mol. The highest BCUT2D eigenvalue weighted by Gasteiger charge is 2.36. The SMILES string of the molecule is OC1(CNCC2CC3C=CC2C3)CCSC1. The third-order valence-electron chi connectivity index (χ3n) is 4.36. The highest BCUT2D eigenvalue weighted by molar-refractivity contribution is 7.99. The Balaban J connectivity index is 1.42. The lowest BCUT2D eigenvalue weighted by atomic mass is 9.93. The number of nitrogens with one attached hydrogen (secondary N) is 1. The molecule has 2 aliphatic carbocycles. The molecule has 1 aliphatic heterocycles. The van der Waals surface area contributed by atoms with E-state index in [4.69, 9.17) is 0 Å². The predicted octanol–water partition coefficient (Wildman–Crippen LogP) is 1.66. The van der Waals surface area contributed by atoms with Crippen LogP contribution in [0.25, 0.3) is 0 Å². The van der Waals surface area contributed by atoms with Crippen LogP contribution in [0.1, 0.15) is 19.3 Å². The van der Waals surface area contributed by atoms with Gasteiger partial charge in [-0.3, -0.25) is 0 Å². The Bertz CT molecular complexity index is 286. The zero-order valence-corrected chi connectivity index (χ0v) is 10.5. The molecular weight excluding hydrogens is 218 g/mol. The van der Waals surface area contributed by atoms with E-state index in [2.05, 4.69) is 17.5 Å². The van der Waals surface area contributed by atoms with Crippen LogP contribution in [0.15, 0.2) is 12.2 Å². The van der Waals surface area contributed by atoms with Gasteiger partial charge in [0.05, 0.1) is 5.60 Å². The van der Waals surface area contributed by atoms with Crippen molar-refractivity contribution in [3.8, 4) is 0 Å². The van der Waals surface area contributed by atoms with E-state index >= 15 is 0 Å². The topological polar surface area (TPSA) is 32.3 Å². The molecule has 90 valence electrons. The molecule has 0 radical (unpaired) electrons. The number of allylic oxidation sites excluding steroid dienone is 2. The second-order valence-corrected chi connectivity index (χ2v) is 6.80. The van der Waals surface area contributed by atoms with Crippen LogP contribution < -0.4 is 5.32 Å². The smallest absolute Gasteiger partial charge is 0.0869 e. The predicted molar refractivity (Wildman–Crippen MR) is 68.6 cm³/mol. The molecule has 2 fully saturated rings. The second-order valence-electron chi connectivity index (χ2n) is 5.70. The first-order chi connectivity index (χ1) is 7.75. The standard InChI is InChI=1S/C13H21NOS/c15-13(3-4-16-9-13)8-14-7-12-6-10-1-2-11(12)5-10/h1-2,10-12,14-15H,3-9H2. The maximum absolute atomic E-state index is 10.2. The lowest BCUT2D eigenvalue weighted by molar-refractivity contribution is 0.0664. The van der Waals surface area contributed by atoms with E-state index in [0.717, 1.165) is 48.8 Å². The van der Waals surface area contributed by atoms with Crippen molar-refractivity contribution in [1.29, 1.82) is 0 Å². The fraction of sp³-hybridized carbons (Fsp3) is 0.846. The van der Waals surface area contributed by atoms with Crippen molar-refractivity contribution in [3.63, 3.8) is 0 Å². The molecule has 2 nitrogen and oxygen atoms in total. The van der Waals surface area contributed by atoms with Gasteiger partial charge in [-0.05, 0) is 49.3 Å². The fourth-order valence-corrected chi connectivity index (χ4v) is 4.65. The van der Waals surface area contributed by atoms with Crippen LogP contribution in [0.3, 0.4) is 0 Å². The van der Waals surface area contributed by atoms with Gasteiger partial charge in [0.1, 0.15) is 0 Å². The summed E-state index contributed by atoms with van der Waals surface area (Å²) in [5.74, 6) is 4.55. The Hall–Kier alpha value is 0.01000. The molecule has 2 bridgehead atoms. The first kappa shape index (κ1) is 11.1. The molecule has 1 heterocycles. The first-order valence-electron chi connectivity index (χ1n) is 6.44. The number of hydrogen-bond donors (Lipinski definition) is 2. The van der Waals surface area contributed by atoms with E-state index in [9.17, 15) is 5.11 Å². The van der Waals surface area contributed by atoms with Gasteiger partial charge < -0.3 is 10.4 Å². The molecule has 0 spiro atoms. The van der Waals surface area contributed by atoms with Gasteiger partial charge in [0.25, 0.3) is 0 Å². The molecule has 0 aromatic heterocycles. The minimum Gasteiger partial charge on any atom is -0.388 e. The van der Waals surface area contributed by atoms with Crippen LogP contribution >= 0.6 is 11.8 Å². The van der Waals surface area contributed by atoms with Gasteiger partial charge in [-0.2, -0.15) is 11.8 Å². The molecule has 4 atom stereocenters. The lowest BCUT2D eigenvalue weighted by Crippen LogP contribution is -2.42. The summed E-state index contributed by atoms with van der Waals surface area (Å²) in [5.41, 5.74) is -0.419. The van der Waals surface area contributed by atoms with Crippen LogP contribution in [0, 0.1) is 17.8 Å². The molecule has 2 N–H and O–H groups in total. The Morgan fingerprint density at radius 3 is 2.94 bits per heavy atom. The van der Waals surface area contributed by atoms with Crippen molar-refractivity contribution in [1.82, 2.24) is 5.32 Å². The van der Waals surface area contributed by atoms with Gasteiger partial charge in [-0.15, -0.1) is 0 Å². The summed E-state index contributed by atoms with van der Waals surface area (Å²) < 4.78 is 0. The summed E-state index contributed by atoms with van der Waals surface area (Å²) in [6, 6.07) is 0. The maximum Gasteiger partial charge on any atom is 0.0869 e. The molecule has 0 amide bonds. The molecule has 0 aromatic rings. The molecule has 3 heteroatoms. The Morgan fingerprint density at radius 2 is 2.31 bits per heavy atom. The van der Waals surface area contributed by atoms with Crippen molar-refractivity contribution < 1.29 is 5.11 Å². The van der Waals surface area contributed by atoms with E-state index in [0.29, 0.717) is 0 Å². The van der Waals surface area contributed by atoms with Gasteiger partial charge >= 0.3 is 0 Å². The molecular formula is C13H21NOS. The third-order valence-corrected chi connectivity index (χ3v) is 5.59. The van der Waals surface area contributed by atoms with Gasteiger partial charge in [0.2, 0.25) is 0 Å². The van der Waals surface area contributed by atoms with Crippen molar-refractivity contribution >= 4 is 11.8 Å². The Morgan fingerprint density at radius 1 is 1.38 bits per heavy atom. The molecule has 4 unspecified atom stereocenters. The quantitative estimate of drug-likeness (QED) is 0.732. The highest BCUT2D eigenvalue weighted by Crippen LogP contribution is 2.43. The summed E-state index contributed by atoms with van der Waals surface area (Å²) in [6.45, 7) is 1.89. The Kier molecular flexibility index (Phi) is 3.03. The normalized spacial score (nSPS) is 45.7. The first-order valence-corrected chi connectivity index (χ1v) is 7.60. The number of fused-ring (bicyclic) bond motifs is 2. The number of hydrogen-bond acceptors (Lipinski definition) is 3. The van der Waals surface area contributed by atoms with Crippen molar-refractivity contribution in [2.24, 2.45) is 17.8 Å². The summed E-state index contributed by atoms with van der Waals surface area (Å²) in [5, 5.41) is 13.7. The van der Waals surface area contributed by atoms with Crippen molar-refractivity contribution in [2.45, 2.75) is 24.9 Å². The number of rotatable bonds is 4. The van der Waals surface area contributed by atoms with Gasteiger partial charge in [-0.25, -0.2) is 0 Å². The largest absolute Gasteiger partial charge is 0.388 e. The van der Waals surface area contributed by atoms with Crippen molar-refractivity contribution in [3.05, 3.63) is 12.2 Å².